The average Bonchev–Trinajstić information content (AvgIpc) is 2.40. The highest BCUT2D eigenvalue weighted by Gasteiger charge is 2.32. The summed E-state index contributed by atoms with van der Waals surface area (Å²) in [5, 5.41) is 2.48. The minimum atomic E-state index is -1.38. The number of hydrogen-bond acceptors (Lipinski definition) is 6. The lowest BCUT2D eigenvalue weighted by atomic mass is 9.99. The van der Waals surface area contributed by atoms with Gasteiger partial charge in [0.2, 0.25) is 0 Å². The van der Waals surface area contributed by atoms with Crippen LogP contribution in [-0.2, 0) is 19.1 Å². The molecule has 0 radical (unpaired) electrons. The lowest BCUT2D eigenvalue weighted by Crippen LogP contribution is -2.26. The van der Waals surface area contributed by atoms with Gasteiger partial charge in [-0.15, -0.1) is 4.91 Å². The Morgan fingerprint density at radius 1 is 1.20 bits per heavy atom. The number of carbonyl (C=O) groups is 2. The molecular formula is C13H14FNO5. The van der Waals surface area contributed by atoms with Gasteiger partial charge in [0, 0.05) is 0 Å². The van der Waals surface area contributed by atoms with Crippen molar-refractivity contribution in [3.8, 4) is 0 Å². The minimum Gasteiger partial charge on any atom is -0.465 e. The molecule has 0 aliphatic rings. The molecule has 20 heavy (non-hydrogen) atoms. The predicted molar refractivity (Wildman–Crippen MR) is 67.9 cm³/mol. The van der Waals surface area contributed by atoms with Crippen LogP contribution in [0.4, 0.5) is 10.1 Å². The molecule has 0 N–H and O–H groups in total. The van der Waals surface area contributed by atoms with Crippen LogP contribution in [0.25, 0.3) is 0 Å². The van der Waals surface area contributed by atoms with Crippen LogP contribution in [0, 0.1) is 10.7 Å². The van der Waals surface area contributed by atoms with Crippen LogP contribution >= 0.6 is 0 Å². The maximum absolute atomic E-state index is 13.5. The van der Waals surface area contributed by atoms with Gasteiger partial charge in [-0.1, -0.05) is 6.07 Å². The topological polar surface area (TPSA) is 82.0 Å². The Labute approximate surface area is 114 Å². The Morgan fingerprint density at radius 3 is 2.15 bits per heavy atom. The number of benzene rings is 1. The molecular weight excluding hydrogens is 269 g/mol. The fourth-order valence-corrected chi connectivity index (χ4v) is 1.60. The summed E-state index contributed by atoms with van der Waals surface area (Å²) in [5.41, 5.74) is -0.355. The van der Waals surface area contributed by atoms with Crippen molar-refractivity contribution in [1.29, 1.82) is 0 Å². The first-order chi connectivity index (χ1) is 9.54. The first-order valence-corrected chi connectivity index (χ1v) is 6.01. The fourth-order valence-electron chi connectivity index (χ4n) is 1.60. The van der Waals surface area contributed by atoms with Gasteiger partial charge in [-0.05, 0) is 36.7 Å². The fraction of sp³-hybridized carbons (Fsp3) is 0.385. The van der Waals surface area contributed by atoms with E-state index in [4.69, 9.17) is 9.47 Å². The Kier molecular flexibility index (Phi) is 5.76. The van der Waals surface area contributed by atoms with E-state index in [-0.39, 0.29) is 18.8 Å². The van der Waals surface area contributed by atoms with Crippen LogP contribution in [0.1, 0.15) is 25.3 Å². The molecule has 0 aliphatic heterocycles. The van der Waals surface area contributed by atoms with Crippen molar-refractivity contribution in [2.45, 2.75) is 19.8 Å². The van der Waals surface area contributed by atoms with Crippen LogP contribution in [-0.4, -0.2) is 25.2 Å². The third-order valence-electron chi connectivity index (χ3n) is 2.45. The van der Waals surface area contributed by atoms with E-state index >= 15 is 0 Å². The van der Waals surface area contributed by atoms with Crippen molar-refractivity contribution in [1.82, 2.24) is 0 Å². The molecule has 0 aliphatic carbocycles. The summed E-state index contributed by atoms with van der Waals surface area (Å²) in [4.78, 5) is 33.9. The zero-order valence-corrected chi connectivity index (χ0v) is 11.1. The molecule has 0 fully saturated rings. The van der Waals surface area contributed by atoms with E-state index in [1.807, 2.05) is 0 Å². The van der Waals surface area contributed by atoms with Crippen molar-refractivity contribution in [3.63, 3.8) is 0 Å². The number of halogens is 1. The monoisotopic (exact) mass is 283 g/mol. The summed E-state index contributed by atoms with van der Waals surface area (Å²) in [7, 11) is 0. The van der Waals surface area contributed by atoms with Gasteiger partial charge < -0.3 is 9.47 Å². The Morgan fingerprint density at radius 2 is 1.75 bits per heavy atom. The van der Waals surface area contributed by atoms with E-state index in [0.29, 0.717) is 0 Å². The molecule has 7 heteroatoms. The van der Waals surface area contributed by atoms with Gasteiger partial charge in [-0.3, -0.25) is 9.59 Å². The van der Waals surface area contributed by atoms with Gasteiger partial charge in [-0.2, -0.15) is 0 Å². The zero-order valence-electron chi connectivity index (χ0n) is 11.1. The first-order valence-electron chi connectivity index (χ1n) is 6.01. The van der Waals surface area contributed by atoms with Crippen LogP contribution in [0.5, 0.6) is 0 Å². The number of nitroso groups, excluding NO2 is 1. The molecule has 0 heterocycles. The molecule has 1 aromatic rings. The summed E-state index contributed by atoms with van der Waals surface area (Å²) < 4.78 is 23.1. The largest absolute Gasteiger partial charge is 0.465 e. The highest BCUT2D eigenvalue weighted by molar-refractivity contribution is 6.00. The van der Waals surface area contributed by atoms with Crippen molar-refractivity contribution in [2.24, 2.45) is 5.18 Å². The summed E-state index contributed by atoms with van der Waals surface area (Å²) in [6, 6.07) is 3.25. The van der Waals surface area contributed by atoms with Crippen LogP contribution in [0.2, 0.25) is 0 Å². The van der Waals surface area contributed by atoms with Gasteiger partial charge in [-0.25, -0.2) is 4.39 Å². The van der Waals surface area contributed by atoms with Crippen molar-refractivity contribution in [3.05, 3.63) is 34.5 Å². The van der Waals surface area contributed by atoms with Crippen LogP contribution in [0.15, 0.2) is 23.4 Å². The standard InChI is InChI=1S/C13H14FNO5/c1-3-19-12(16)11(13(17)20-4-2)8-5-6-10(15-18)9(14)7-8/h5-7,11H,3-4H2,1-2H3. The molecule has 0 amide bonds. The van der Waals surface area contributed by atoms with Crippen molar-refractivity contribution in [2.75, 3.05) is 13.2 Å². The van der Waals surface area contributed by atoms with Gasteiger partial charge in [0.15, 0.2) is 11.7 Å². The SMILES string of the molecule is CCOC(=O)C(C(=O)OCC)c1ccc(N=O)c(F)c1. The highest BCUT2D eigenvalue weighted by atomic mass is 19.1. The van der Waals surface area contributed by atoms with Gasteiger partial charge in [0.25, 0.3) is 0 Å². The first kappa shape index (κ1) is 15.7. The number of ether oxygens (including phenoxy) is 2. The number of hydrogen-bond donors (Lipinski definition) is 0. The zero-order chi connectivity index (χ0) is 15.1. The second-order valence-corrected chi connectivity index (χ2v) is 3.74. The average molecular weight is 283 g/mol. The highest BCUT2D eigenvalue weighted by Crippen LogP contribution is 2.25. The molecule has 1 aromatic carbocycles. The van der Waals surface area contributed by atoms with E-state index in [1.165, 1.54) is 6.07 Å². The predicted octanol–water partition coefficient (Wildman–Crippen LogP) is 2.43. The van der Waals surface area contributed by atoms with Gasteiger partial charge in [0.1, 0.15) is 5.69 Å². The molecule has 0 saturated heterocycles. The molecule has 0 aromatic heterocycles. The Balaban J connectivity index is 3.15. The third-order valence-corrected chi connectivity index (χ3v) is 2.45. The Bertz CT molecular complexity index is 499. The van der Waals surface area contributed by atoms with Gasteiger partial charge in [0.05, 0.1) is 13.2 Å². The summed E-state index contributed by atoms with van der Waals surface area (Å²) in [6.07, 6.45) is 0. The van der Waals surface area contributed by atoms with Crippen molar-refractivity contribution >= 4 is 17.6 Å². The molecule has 0 unspecified atom stereocenters. The summed E-state index contributed by atoms with van der Waals surface area (Å²) >= 11 is 0. The van der Waals surface area contributed by atoms with E-state index in [1.54, 1.807) is 13.8 Å². The Hall–Kier alpha value is -2.31. The van der Waals surface area contributed by atoms with E-state index in [2.05, 4.69) is 5.18 Å². The summed E-state index contributed by atoms with van der Waals surface area (Å²) in [5.74, 6) is -3.98. The van der Waals surface area contributed by atoms with E-state index < -0.39 is 29.4 Å². The second kappa shape index (κ2) is 7.32. The number of nitrogens with zero attached hydrogens (tertiary/aromatic N) is 1. The number of rotatable bonds is 6. The molecule has 0 spiro atoms. The molecule has 0 atom stereocenters. The van der Waals surface area contributed by atoms with Crippen molar-refractivity contribution < 1.29 is 23.5 Å². The minimum absolute atomic E-state index is 0.0480. The maximum atomic E-state index is 13.5. The van der Waals surface area contributed by atoms with Gasteiger partial charge >= 0.3 is 11.9 Å². The molecule has 6 nitrogen and oxygen atoms in total. The lowest BCUT2D eigenvalue weighted by Gasteiger charge is -2.14. The second-order valence-electron chi connectivity index (χ2n) is 3.74. The lowest BCUT2D eigenvalue weighted by molar-refractivity contribution is -0.156. The molecule has 1 rings (SSSR count). The molecule has 108 valence electrons. The molecule has 0 saturated carbocycles. The van der Waals surface area contributed by atoms with Crippen LogP contribution in [0.3, 0.4) is 0 Å². The smallest absolute Gasteiger partial charge is 0.324 e. The van der Waals surface area contributed by atoms with E-state index in [9.17, 15) is 18.9 Å². The molecule has 0 bridgehead atoms. The van der Waals surface area contributed by atoms with Crippen LogP contribution < -0.4 is 0 Å². The maximum Gasteiger partial charge on any atom is 0.324 e. The van der Waals surface area contributed by atoms with E-state index in [0.717, 1.165) is 12.1 Å². The summed E-state index contributed by atoms with van der Waals surface area (Å²) in [6.45, 7) is 3.32. The number of carbonyl (C=O) groups excluding carboxylic acids is 2. The quantitative estimate of drug-likeness (QED) is 0.455. The third kappa shape index (κ3) is 3.59. The normalized spacial score (nSPS) is 10.2. The number of esters is 2.